The summed E-state index contributed by atoms with van der Waals surface area (Å²) in [7, 11) is 3.22. The molecule has 142 valence electrons. The number of nitrogens with zero attached hydrogens (tertiary/aromatic N) is 1. The van der Waals surface area contributed by atoms with E-state index in [0.29, 0.717) is 23.6 Å². The van der Waals surface area contributed by atoms with Gasteiger partial charge in [0.25, 0.3) is 5.91 Å². The largest absolute Gasteiger partial charge is 0.493 e. The maximum absolute atomic E-state index is 13.2. The number of carbonyl (C=O) groups excluding carboxylic acids is 1. The second kappa shape index (κ2) is 7.48. The molecule has 6 nitrogen and oxygen atoms in total. The van der Waals surface area contributed by atoms with Crippen molar-refractivity contribution in [1.82, 2.24) is 4.90 Å². The molecule has 0 aromatic heterocycles. The summed E-state index contributed by atoms with van der Waals surface area (Å²) in [4.78, 5) is 15.1. The molecule has 1 fully saturated rings. The molecule has 2 aromatic carbocycles. The van der Waals surface area contributed by atoms with E-state index in [2.05, 4.69) is 5.32 Å². The number of hydrogen-bond acceptors (Lipinski definition) is 5. The number of ether oxygens (including phenoxy) is 3. The molecule has 1 amide bonds. The number of para-hydroxylation sites is 1. The van der Waals surface area contributed by atoms with Crippen LogP contribution >= 0.6 is 0 Å². The van der Waals surface area contributed by atoms with E-state index in [1.807, 2.05) is 47.4 Å². The first-order chi connectivity index (χ1) is 13.2. The van der Waals surface area contributed by atoms with Crippen LogP contribution in [0.15, 0.2) is 42.5 Å². The molecule has 2 atom stereocenters. The Balaban J connectivity index is 1.72. The Hall–Kier alpha value is -2.73. The summed E-state index contributed by atoms with van der Waals surface area (Å²) >= 11 is 0. The Morgan fingerprint density at radius 3 is 2.70 bits per heavy atom. The number of hydrogen-bond donors (Lipinski definition) is 1. The molecule has 27 heavy (non-hydrogen) atoms. The van der Waals surface area contributed by atoms with Crippen molar-refractivity contribution in [2.45, 2.75) is 25.1 Å². The standard InChI is InChI=1S/C21H24N2O4/c1-25-18-10-9-14(12-19(18)26-2)20-22-17-8-4-3-7-16(17)21(24)23(20)13-15-6-5-11-27-15/h3-4,7-10,12,15,20,22H,5-6,11,13H2,1-2H3/t15-,20-/m1/s1. The minimum atomic E-state index is -0.295. The SMILES string of the molecule is COc1ccc([C@@H]2Nc3ccccc3C(=O)N2C[C@H]2CCCO2)cc1OC. The molecule has 4 rings (SSSR count). The Morgan fingerprint density at radius 1 is 1.15 bits per heavy atom. The lowest BCUT2D eigenvalue weighted by Crippen LogP contribution is -2.46. The molecule has 0 spiro atoms. The number of anilines is 1. The maximum Gasteiger partial charge on any atom is 0.257 e. The first-order valence-electron chi connectivity index (χ1n) is 9.21. The summed E-state index contributed by atoms with van der Waals surface area (Å²) in [6.45, 7) is 1.32. The second-order valence-corrected chi connectivity index (χ2v) is 6.80. The van der Waals surface area contributed by atoms with Crippen molar-refractivity contribution < 1.29 is 19.0 Å². The molecule has 0 aliphatic carbocycles. The van der Waals surface area contributed by atoms with Crippen molar-refractivity contribution in [3.05, 3.63) is 53.6 Å². The normalized spacial score (nSPS) is 21.6. The van der Waals surface area contributed by atoms with E-state index in [1.54, 1.807) is 14.2 Å². The quantitative estimate of drug-likeness (QED) is 0.876. The van der Waals surface area contributed by atoms with Crippen LogP contribution in [-0.4, -0.2) is 44.3 Å². The highest BCUT2D eigenvalue weighted by molar-refractivity contribution is 6.01. The van der Waals surface area contributed by atoms with Crippen LogP contribution in [0.25, 0.3) is 0 Å². The lowest BCUT2D eigenvalue weighted by atomic mass is 10.0. The van der Waals surface area contributed by atoms with Crippen LogP contribution in [-0.2, 0) is 4.74 Å². The number of rotatable bonds is 5. The van der Waals surface area contributed by atoms with Gasteiger partial charge in [0.1, 0.15) is 6.17 Å². The van der Waals surface area contributed by atoms with Crippen LogP contribution < -0.4 is 14.8 Å². The Labute approximate surface area is 159 Å². The number of carbonyl (C=O) groups is 1. The number of methoxy groups -OCH3 is 2. The molecule has 2 aromatic rings. The van der Waals surface area contributed by atoms with E-state index in [1.165, 1.54) is 0 Å². The van der Waals surface area contributed by atoms with Gasteiger partial charge in [-0.25, -0.2) is 0 Å². The fraction of sp³-hybridized carbons (Fsp3) is 0.381. The third kappa shape index (κ3) is 3.32. The van der Waals surface area contributed by atoms with E-state index < -0.39 is 0 Å². The van der Waals surface area contributed by atoms with Crippen LogP contribution in [0.4, 0.5) is 5.69 Å². The molecule has 2 aliphatic heterocycles. The van der Waals surface area contributed by atoms with Crippen molar-refractivity contribution >= 4 is 11.6 Å². The van der Waals surface area contributed by atoms with Crippen molar-refractivity contribution in [2.24, 2.45) is 0 Å². The lowest BCUT2D eigenvalue weighted by molar-refractivity contribution is 0.0426. The highest BCUT2D eigenvalue weighted by Gasteiger charge is 2.35. The van der Waals surface area contributed by atoms with Gasteiger partial charge in [0.2, 0.25) is 0 Å². The number of nitrogens with one attached hydrogen (secondary N) is 1. The summed E-state index contributed by atoms with van der Waals surface area (Å²) in [5.74, 6) is 1.31. The maximum atomic E-state index is 13.2. The summed E-state index contributed by atoms with van der Waals surface area (Å²) in [6.07, 6.45) is 1.79. The van der Waals surface area contributed by atoms with Crippen molar-refractivity contribution in [3.8, 4) is 11.5 Å². The minimum absolute atomic E-state index is 0.0136. The number of benzene rings is 2. The predicted octanol–water partition coefficient (Wildman–Crippen LogP) is 3.45. The topological polar surface area (TPSA) is 60.0 Å². The summed E-state index contributed by atoms with van der Waals surface area (Å²) < 4.78 is 16.6. The third-order valence-electron chi connectivity index (χ3n) is 5.17. The van der Waals surface area contributed by atoms with E-state index in [4.69, 9.17) is 14.2 Å². The Kier molecular flexibility index (Phi) is 4.90. The van der Waals surface area contributed by atoms with Gasteiger partial charge in [0.15, 0.2) is 11.5 Å². The summed E-state index contributed by atoms with van der Waals surface area (Å²) in [5, 5.41) is 3.51. The third-order valence-corrected chi connectivity index (χ3v) is 5.17. The molecule has 0 saturated carbocycles. The van der Waals surface area contributed by atoms with E-state index in [9.17, 15) is 4.79 Å². The van der Waals surface area contributed by atoms with Gasteiger partial charge in [-0.1, -0.05) is 18.2 Å². The predicted molar refractivity (Wildman–Crippen MR) is 102 cm³/mol. The highest BCUT2D eigenvalue weighted by atomic mass is 16.5. The van der Waals surface area contributed by atoms with Gasteiger partial charge in [-0.3, -0.25) is 4.79 Å². The molecule has 1 saturated heterocycles. The molecule has 0 bridgehead atoms. The zero-order chi connectivity index (χ0) is 18.8. The van der Waals surface area contributed by atoms with E-state index in [0.717, 1.165) is 30.7 Å². The van der Waals surface area contributed by atoms with Crippen molar-refractivity contribution in [1.29, 1.82) is 0 Å². The average Bonchev–Trinajstić information content (AvgIpc) is 3.22. The first-order valence-corrected chi connectivity index (χ1v) is 9.21. The van der Waals surface area contributed by atoms with Gasteiger partial charge in [0.05, 0.1) is 25.9 Å². The Bertz CT molecular complexity index is 833. The zero-order valence-corrected chi connectivity index (χ0v) is 15.6. The molecule has 1 N–H and O–H groups in total. The fourth-order valence-corrected chi connectivity index (χ4v) is 3.77. The lowest BCUT2D eigenvalue weighted by Gasteiger charge is -2.39. The van der Waals surface area contributed by atoms with Gasteiger partial charge >= 0.3 is 0 Å². The number of fused-ring (bicyclic) bond motifs is 1. The minimum Gasteiger partial charge on any atom is -0.493 e. The summed E-state index contributed by atoms with van der Waals surface area (Å²) in [5.41, 5.74) is 2.46. The molecule has 2 aliphatic rings. The van der Waals surface area contributed by atoms with Crippen LogP contribution in [0.5, 0.6) is 11.5 Å². The molecule has 0 radical (unpaired) electrons. The summed E-state index contributed by atoms with van der Waals surface area (Å²) in [6, 6.07) is 13.4. The van der Waals surface area contributed by atoms with Crippen LogP contribution in [0, 0.1) is 0 Å². The van der Waals surface area contributed by atoms with Gasteiger partial charge in [-0.15, -0.1) is 0 Å². The molecule has 6 heteroatoms. The monoisotopic (exact) mass is 368 g/mol. The second-order valence-electron chi connectivity index (χ2n) is 6.80. The van der Waals surface area contributed by atoms with Crippen LogP contribution in [0.3, 0.4) is 0 Å². The van der Waals surface area contributed by atoms with E-state index >= 15 is 0 Å². The van der Waals surface area contributed by atoms with Gasteiger partial charge in [-0.2, -0.15) is 0 Å². The van der Waals surface area contributed by atoms with Gasteiger partial charge < -0.3 is 24.4 Å². The molecule has 0 unspecified atom stereocenters. The van der Waals surface area contributed by atoms with Crippen molar-refractivity contribution in [2.75, 3.05) is 32.7 Å². The number of amides is 1. The fourth-order valence-electron chi connectivity index (χ4n) is 3.77. The van der Waals surface area contributed by atoms with Crippen molar-refractivity contribution in [3.63, 3.8) is 0 Å². The Morgan fingerprint density at radius 2 is 1.96 bits per heavy atom. The van der Waals surface area contributed by atoms with Gasteiger partial charge in [-0.05, 0) is 42.7 Å². The highest BCUT2D eigenvalue weighted by Crippen LogP contribution is 2.37. The van der Waals surface area contributed by atoms with Crippen LogP contribution in [0.2, 0.25) is 0 Å². The van der Waals surface area contributed by atoms with Gasteiger partial charge in [0, 0.05) is 18.8 Å². The van der Waals surface area contributed by atoms with E-state index in [-0.39, 0.29) is 18.2 Å². The zero-order valence-electron chi connectivity index (χ0n) is 15.6. The molecular weight excluding hydrogens is 344 g/mol. The molecular formula is C21H24N2O4. The van der Waals surface area contributed by atoms with Crippen LogP contribution in [0.1, 0.15) is 34.9 Å². The first kappa shape index (κ1) is 17.7. The molecule has 2 heterocycles. The average molecular weight is 368 g/mol. The smallest absolute Gasteiger partial charge is 0.257 e.